The number of nitrogens with zero attached hydrogens (tertiary/aromatic N) is 3. The first-order valence-corrected chi connectivity index (χ1v) is 8.63. The number of aromatic nitrogens is 1. The fourth-order valence-corrected chi connectivity index (χ4v) is 2.85. The molecule has 1 aliphatic heterocycles. The number of ether oxygens (including phenoxy) is 1. The molecular weight excluding hydrogens is 332 g/mol. The first kappa shape index (κ1) is 17.7. The standard InChI is InChI=1S/C19H22N4O3/c1-2-26-18-6-4-3-5-17(18)21-16-11-15(12-20-13-16)19(25)23-9-7-22(14-24)8-10-23/h3-6,11-14,21H,2,7-10H2,1H3. The van der Waals surface area contributed by atoms with Gasteiger partial charge in [-0.2, -0.15) is 0 Å². The van der Waals surface area contributed by atoms with Crippen LogP contribution >= 0.6 is 0 Å². The van der Waals surface area contributed by atoms with Crippen molar-refractivity contribution in [1.29, 1.82) is 0 Å². The molecule has 0 aliphatic carbocycles. The molecule has 0 unspecified atom stereocenters. The Morgan fingerprint density at radius 1 is 1.23 bits per heavy atom. The van der Waals surface area contributed by atoms with Gasteiger partial charge < -0.3 is 19.9 Å². The highest BCUT2D eigenvalue weighted by atomic mass is 16.5. The van der Waals surface area contributed by atoms with Crippen LogP contribution in [0.3, 0.4) is 0 Å². The molecule has 136 valence electrons. The van der Waals surface area contributed by atoms with Crippen molar-refractivity contribution in [2.75, 3.05) is 38.1 Å². The molecule has 0 saturated carbocycles. The van der Waals surface area contributed by atoms with E-state index in [-0.39, 0.29) is 5.91 Å². The van der Waals surface area contributed by atoms with E-state index in [0.29, 0.717) is 38.3 Å². The summed E-state index contributed by atoms with van der Waals surface area (Å²) in [6.07, 6.45) is 4.06. The van der Waals surface area contributed by atoms with Crippen LogP contribution in [-0.2, 0) is 4.79 Å². The van der Waals surface area contributed by atoms with Gasteiger partial charge in [0, 0.05) is 32.4 Å². The minimum Gasteiger partial charge on any atom is -0.492 e. The van der Waals surface area contributed by atoms with Crippen LogP contribution in [0.15, 0.2) is 42.7 Å². The van der Waals surface area contributed by atoms with Crippen LogP contribution in [-0.4, -0.2) is 59.9 Å². The van der Waals surface area contributed by atoms with Crippen molar-refractivity contribution >= 4 is 23.7 Å². The van der Waals surface area contributed by atoms with E-state index in [2.05, 4.69) is 10.3 Å². The van der Waals surface area contributed by atoms with E-state index in [1.165, 1.54) is 0 Å². The van der Waals surface area contributed by atoms with Gasteiger partial charge in [-0.15, -0.1) is 0 Å². The van der Waals surface area contributed by atoms with Crippen LogP contribution in [0.1, 0.15) is 17.3 Å². The van der Waals surface area contributed by atoms with Crippen LogP contribution in [0.2, 0.25) is 0 Å². The van der Waals surface area contributed by atoms with Gasteiger partial charge in [-0.1, -0.05) is 12.1 Å². The van der Waals surface area contributed by atoms with Crippen LogP contribution in [0.5, 0.6) is 5.75 Å². The Bertz CT molecular complexity index is 773. The third-order valence-corrected chi connectivity index (χ3v) is 4.20. The summed E-state index contributed by atoms with van der Waals surface area (Å²) in [5.74, 6) is 0.668. The summed E-state index contributed by atoms with van der Waals surface area (Å²) in [5, 5.41) is 3.26. The minimum absolute atomic E-state index is 0.0789. The van der Waals surface area contributed by atoms with E-state index in [4.69, 9.17) is 4.74 Å². The van der Waals surface area contributed by atoms with E-state index in [1.54, 1.807) is 28.3 Å². The fraction of sp³-hybridized carbons (Fsp3) is 0.316. The van der Waals surface area contributed by atoms with E-state index in [1.807, 2.05) is 31.2 Å². The molecule has 7 nitrogen and oxygen atoms in total. The molecule has 2 amide bonds. The molecule has 1 aromatic heterocycles. The van der Waals surface area contributed by atoms with Gasteiger partial charge in [-0.05, 0) is 25.1 Å². The van der Waals surface area contributed by atoms with Crippen molar-refractivity contribution in [3.05, 3.63) is 48.3 Å². The predicted octanol–water partition coefficient (Wildman–Crippen LogP) is 2.14. The van der Waals surface area contributed by atoms with Crippen molar-refractivity contribution in [3.63, 3.8) is 0 Å². The lowest BCUT2D eigenvalue weighted by Gasteiger charge is -2.32. The van der Waals surface area contributed by atoms with Gasteiger partial charge >= 0.3 is 0 Å². The van der Waals surface area contributed by atoms with Crippen molar-refractivity contribution in [1.82, 2.24) is 14.8 Å². The number of carbonyl (C=O) groups excluding carboxylic acids is 2. The molecular formula is C19H22N4O3. The lowest BCUT2D eigenvalue weighted by molar-refractivity contribution is -0.119. The van der Waals surface area contributed by atoms with Crippen molar-refractivity contribution < 1.29 is 14.3 Å². The number of anilines is 2. The van der Waals surface area contributed by atoms with Crippen molar-refractivity contribution in [2.45, 2.75) is 6.92 Å². The molecule has 26 heavy (non-hydrogen) atoms. The second-order valence-corrected chi connectivity index (χ2v) is 5.95. The maximum absolute atomic E-state index is 12.7. The van der Waals surface area contributed by atoms with Crippen molar-refractivity contribution in [2.24, 2.45) is 0 Å². The Morgan fingerprint density at radius 2 is 2.00 bits per heavy atom. The number of hydrogen-bond acceptors (Lipinski definition) is 5. The minimum atomic E-state index is -0.0789. The topological polar surface area (TPSA) is 74.8 Å². The fourth-order valence-electron chi connectivity index (χ4n) is 2.85. The quantitative estimate of drug-likeness (QED) is 0.805. The predicted molar refractivity (Wildman–Crippen MR) is 98.7 cm³/mol. The Hall–Kier alpha value is -3.09. The summed E-state index contributed by atoms with van der Waals surface area (Å²) in [5.41, 5.74) is 2.05. The zero-order valence-corrected chi connectivity index (χ0v) is 14.7. The average molecular weight is 354 g/mol. The smallest absolute Gasteiger partial charge is 0.255 e. The van der Waals surface area contributed by atoms with Gasteiger partial charge in [0.05, 0.1) is 29.7 Å². The molecule has 7 heteroatoms. The second kappa shape index (κ2) is 8.33. The highest BCUT2D eigenvalue weighted by Crippen LogP contribution is 2.27. The second-order valence-electron chi connectivity index (χ2n) is 5.95. The van der Waals surface area contributed by atoms with Gasteiger partial charge in [-0.3, -0.25) is 14.6 Å². The largest absolute Gasteiger partial charge is 0.492 e. The summed E-state index contributed by atoms with van der Waals surface area (Å²) in [4.78, 5) is 31.1. The van der Waals surface area contributed by atoms with E-state index in [0.717, 1.165) is 23.5 Å². The maximum Gasteiger partial charge on any atom is 0.255 e. The molecule has 2 aromatic rings. The van der Waals surface area contributed by atoms with Crippen LogP contribution in [0.25, 0.3) is 0 Å². The molecule has 1 aliphatic rings. The number of hydrogen-bond donors (Lipinski definition) is 1. The third-order valence-electron chi connectivity index (χ3n) is 4.20. The third kappa shape index (κ3) is 4.11. The number of carbonyl (C=O) groups is 2. The zero-order chi connectivity index (χ0) is 18.4. The van der Waals surface area contributed by atoms with E-state index >= 15 is 0 Å². The first-order chi connectivity index (χ1) is 12.7. The summed E-state index contributed by atoms with van der Waals surface area (Å²) >= 11 is 0. The molecule has 1 aromatic carbocycles. The van der Waals surface area contributed by atoms with E-state index in [9.17, 15) is 9.59 Å². The van der Waals surface area contributed by atoms with Gasteiger partial charge in [-0.25, -0.2) is 0 Å². The average Bonchev–Trinajstić information content (AvgIpc) is 2.69. The Morgan fingerprint density at radius 3 is 2.73 bits per heavy atom. The van der Waals surface area contributed by atoms with Crippen molar-refractivity contribution in [3.8, 4) is 5.75 Å². The maximum atomic E-state index is 12.7. The van der Waals surface area contributed by atoms with Gasteiger partial charge in [0.1, 0.15) is 5.75 Å². The summed E-state index contributed by atoms with van der Waals surface area (Å²) < 4.78 is 5.61. The van der Waals surface area contributed by atoms with Crippen LogP contribution in [0.4, 0.5) is 11.4 Å². The monoisotopic (exact) mass is 354 g/mol. The molecule has 0 bridgehead atoms. The summed E-state index contributed by atoms with van der Waals surface area (Å²) in [7, 11) is 0. The molecule has 3 rings (SSSR count). The first-order valence-electron chi connectivity index (χ1n) is 8.63. The Balaban J connectivity index is 1.72. The number of nitrogens with one attached hydrogen (secondary N) is 1. The number of pyridine rings is 1. The highest BCUT2D eigenvalue weighted by molar-refractivity contribution is 5.95. The summed E-state index contributed by atoms with van der Waals surface area (Å²) in [6, 6.07) is 9.41. The van der Waals surface area contributed by atoms with Crippen LogP contribution in [0, 0.1) is 0 Å². The van der Waals surface area contributed by atoms with Gasteiger partial charge in [0.2, 0.25) is 6.41 Å². The van der Waals surface area contributed by atoms with Gasteiger partial charge in [0.25, 0.3) is 5.91 Å². The highest BCUT2D eigenvalue weighted by Gasteiger charge is 2.21. The van der Waals surface area contributed by atoms with Gasteiger partial charge in [0.15, 0.2) is 0 Å². The molecule has 0 radical (unpaired) electrons. The molecule has 0 atom stereocenters. The lowest BCUT2D eigenvalue weighted by atomic mass is 10.2. The molecule has 1 saturated heterocycles. The van der Waals surface area contributed by atoms with Crippen LogP contribution < -0.4 is 10.1 Å². The molecule has 1 N–H and O–H groups in total. The normalized spacial score (nSPS) is 14.0. The van der Waals surface area contributed by atoms with E-state index < -0.39 is 0 Å². The number of para-hydroxylation sites is 2. The molecule has 1 fully saturated rings. The number of benzene rings is 1. The lowest BCUT2D eigenvalue weighted by Crippen LogP contribution is -2.48. The zero-order valence-electron chi connectivity index (χ0n) is 14.7. The number of piperazine rings is 1. The molecule has 0 spiro atoms. The Kier molecular flexibility index (Phi) is 5.68. The summed E-state index contributed by atoms with van der Waals surface area (Å²) in [6.45, 7) is 4.68. The SMILES string of the molecule is CCOc1ccccc1Nc1cncc(C(=O)N2CCN(C=O)CC2)c1. The Labute approximate surface area is 152 Å². The number of rotatable bonds is 6. The number of amides is 2. The molecule has 2 heterocycles.